The van der Waals surface area contributed by atoms with Crippen LogP contribution in [-0.4, -0.2) is 41.2 Å². The molecule has 2 N–H and O–H groups in total. The number of aryl methyl sites for hydroxylation is 1. The van der Waals surface area contributed by atoms with Gasteiger partial charge in [0.1, 0.15) is 5.75 Å². The second-order valence-electron chi connectivity index (χ2n) is 6.75. The molecular weight excluding hydrogens is 356 g/mol. The molecule has 0 saturated carbocycles. The van der Waals surface area contributed by atoms with Gasteiger partial charge in [-0.3, -0.25) is 9.59 Å². The van der Waals surface area contributed by atoms with E-state index in [4.69, 9.17) is 4.74 Å². The SMILES string of the molecule is COc1ccc2cc(CN(CCCO)C(=O)c3ccc(C)cc3)c(=O)[nH]c2c1. The van der Waals surface area contributed by atoms with Gasteiger partial charge in [-0.2, -0.15) is 0 Å². The van der Waals surface area contributed by atoms with Crippen molar-refractivity contribution >= 4 is 16.8 Å². The molecule has 0 unspecified atom stereocenters. The quantitative estimate of drug-likeness (QED) is 0.660. The number of methoxy groups -OCH3 is 1. The summed E-state index contributed by atoms with van der Waals surface area (Å²) < 4.78 is 5.19. The van der Waals surface area contributed by atoms with Crippen molar-refractivity contribution in [3.8, 4) is 5.75 Å². The van der Waals surface area contributed by atoms with Crippen LogP contribution in [0.1, 0.15) is 27.9 Å². The fourth-order valence-corrected chi connectivity index (χ4v) is 3.07. The molecule has 28 heavy (non-hydrogen) atoms. The number of aromatic nitrogens is 1. The minimum absolute atomic E-state index is 0.0223. The topological polar surface area (TPSA) is 82.6 Å². The van der Waals surface area contributed by atoms with E-state index in [0.717, 1.165) is 10.9 Å². The zero-order chi connectivity index (χ0) is 20.1. The molecule has 1 amide bonds. The third-order valence-corrected chi connectivity index (χ3v) is 4.66. The van der Waals surface area contributed by atoms with Crippen molar-refractivity contribution in [3.63, 3.8) is 0 Å². The summed E-state index contributed by atoms with van der Waals surface area (Å²) in [5, 5.41) is 10.1. The van der Waals surface area contributed by atoms with Crippen LogP contribution < -0.4 is 10.3 Å². The number of amides is 1. The summed E-state index contributed by atoms with van der Waals surface area (Å²) in [6.07, 6.45) is 0.445. The standard InChI is InChI=1S/C22H24N2O4/c1-15-4-6-16(7-5-15)22(27)24(10-3-11-25)14-18-12-17-8-9-19(28-2)13-20(17)23-21(18)26/h4-9,12-13,25H,3,10-11,14H2,1-2H3,(H,23,26). The molecule has 0 aliphatic carbocycles. The van der Waals surface area contributed by atoms with Crippen LogP contribution in [0.4, 0.5) is 0 Å². The highest BCUT2D eigenvalue weighted by atomic mass is 16.5. The number of hydrogen-bond donors (Lipinski definition) is 2. The molecule has 146 valence electrons. The summed E-state index contributed by atoms with van der Waals surface area (Å²) in [4.78, 5) is 30.0. The van der Waals surface area contributed by atoms with E-state index in [1.807, 2.05) is 31.2 Å². The van der Waals surface area contributed by atoms with Crippen molar-refractivity contribution in [2.24, 2.45) is 0 Å². The largest absolute Gasteiger partial charge is 0.497 e. The van der Waals surface area contributed by atoms with E-state index in [1.54, 1.807) is 36.3 Å². The Morgan fingerprint density at radius 2 is 1.89 bits per heavy atom. The van der Waals surface area contributed by atoms with Gasteiger partial charge in [0, 0.05) is 30.3 Å². The third kappa shape index (κ3) is 4.40. The smallest absolute Gasteiger partial charge is 0.254 e. The lowest BCUT2D eigenvalue weighted by atomic mass is 10.1. The van der Waals surface area contributed by atoms with E-state index >= 15 is 0 Å². The van der Waals surface area contributed by atoms with Crippen LogP contribution >= 0.6 is 0 Å². The molecule has 0 radical (unpaired) electrons. The van der Waals surface area contributed by atoms with Crippen molar-refractivity contribution in [1.82, 2.24) is 9.88 Å². The summed E-state index contributed by atoms with van der Waals surface area (Å²) >= 11 is 0. The number of hydrogen-bond acceptors (Lipinski definition) is 4. The molecule has 6 heteroatoms. The van der Waals surface area contributed by atoms with Crippen molar-refractivity contribution in [2.45, 2.75) is 19.9 Å². The molecule has 3 rings (SSSR count). The minimum Gasteiger partial charge on any atom is -0.497 e. The summed E-state index contributed by atoms with van der Waals surface area (Å²) in [5.41, 5.74) is 2.56. The molecule has 0 fully saturated rings. The van der Waals surface area contributed by atoms with Gasteiger partial charge in [-0.25, -0.2) is 0 Å². The van der Waals surface area contributed by atoms with Crippen molar-refractivity contribution in [3.05, 3.63) is 75.6 Å². The molecule has 2 aromatic carbocycles. The number of aliphatic hydroxyl groups excluding tert-OH is 1. The Labute approximate surface area is 163 Å². The number of carbonyl (C=O) groups is 1. The highest BCUT2D eigenvalue weighted by Gasteiger charge is 2.17. The lowest BCUT2D eigenvalue weighted by Crippen LogP contribution is -2.34. The average molecular weight is 380 g/mol. The molecule has 0 spiro atoms. The number of carbonyl (C=O) groups excluding carboxylic acids is 1. The molecule has 1 heterocycles. The number of benzene rings is 2. The number of nitrogens with one attached hydrogen (secondary N) is 1. The number of nitrogens with zero attached hydrogens (tertiary/aromatic N) is 1. The molecule has 0 aliphatic rings. The number of H-pyrrole nitrogens is 1. The zero-order valence-electron chi connectivity index (χ0n) is 16.1. The first-order valence-corrected chi connectivity index (χ1v) is 9.18. The van der Waals surface area contributed by atoms with Crippen molar-refractivity contribution in [1.29, 1.82) is 0 Å². The highest BCUT2D eigenvalue weighted by molar-refractivity contribution is 5.94. The maximum absolute atomic E-state index is 12.9. The van der Waals surface area contributed by atoms with Crippen LogP contribution in [0.5, 0.6) is 5.75 Å². The first kappa shape index (κ1) is 19.6. The Morgan fingerprint density at radius 3 is 2.57 bits per heavy atom. The Bertz CT molecular complexity index is 1020. The summed E-state index contributed by atoms with van der Waals surface area (Å²) in [6, 6.07) is 14.6. The Hall–Kier alpha value is -3.12. The normalized spacial score (nSPS) is 10.8. The predicted molar refractivity (Wildman–Crippen MR) is 109 cm³/mol. The van der Waals surface area contributed by atoms with Crippen LogP contribution in [0, 0.1) is 6.92 Å². The molecule has 0 aliphatic heterocycles. The number of aliphatic hydroxyl groups is 1. The van der Waals surface area contributed by atoms with Crippen LogP contribution in [-0.2, 0) is 6.54 Å². The van der Waals surface area contributed by atoms with E-state index in [2.05, 4.69) is 4.98 Å². The van der Waals surface area contributed by atoms with Gasteiger partial charge in [-0.1, -0.05) is 17.7 Å². The van der Waals surface area contributed by atoms with E-state index in [-0.39, 0.29) is 24.6 Å². The Morgan fingerprint density at radius 1 is 1.14 bits per heavy atom. The maximum atomic E-state index is 12.9. The molecule has 0 atom stereocenters. The molecule has 0 bridgehead atoms. The van der Waals surface area contributed by atoms with Crippen molar-refractivity contribution < 1.29 is 14.6 Å². The monoisotopic (exact) mass is 380 g/mol. The van der Waals surface area contributed by atoms with E-state index in [0.29, 0.717) is 35.4 Å². The number of fused-ring (bicyclic) bond motifs is 1. The van der Waals surface area contributed by atoms with E-state index in [1.165, 1.54) is 0 Å². The lowest BCUT2D eigenvalue weighted by molar-refractivity contribution is 0.0731. The van der Waals surface area contributed by atoms with Gasteiger partial charge >= 0.3 is 0 Å². The van der Waals surface area contributed by atoms with Crippen LogP contribution in [0.3, 0.4) is 0 Å². The Balaban J connectivity index is 1.91. The van der Waals surface area contributed by atoms with Crippen LogP contribution in [0.2, 0.25) is 0 Å². The van der Waals surface area contributed by atoms with Gasteiger partial charge in [0.2, 0.25) is 0 Å². The average Bonchev–Trinajstić information content (AvgIpc) is 2.71. The molecule has 3 aromatic rings. The van der Waals surface area contributed by atoms with Crippen LogP contribution in [0.15, 0.2) is 53.3 Å². The molecular formula is C22H24N2O4. The van der Waals surface area contributed by atoms with Gasteiger partial charge in [-0.05, 0) is 49.1 Å². The summed E-state index contributed by atoms with van der Waals surface area (Å²) in [6.45, 7) is 2.47. The molecule has 1 aromatic heterocycles. The minimum atomic E-state index is -0.244. The van der Waals surface area contributed by atoms with E-state index < -0.39 is 0 Å². The number of aromatic amines is 1. The lowest BCUT2D eigenvalue weighted by Gasteiger charge is -2.22. The van der Waals surface area contributed by atoms with Crippen LogP contribution in [0.25, 0.3) is 10.9 Å². The van der Waals surface area contributed by atoms with Gasteiger partial charge in [-0.15, -0.1) is 0 Å². The predicted octanol–water partition coefficient (Wildman–Crippen LogP) is 2.87. The summed E-state index contributed by atoms with van der Waals surface area (Å²) in [5.74, 6) is 0.498. The highest BCUT2D eigenvalue weighted by Crippen LogP contribution is 2.19. The maximum Gasteiger partial charge on any atom is 0.254 e. The summed E-state index contributed by atoms with van der Waals surface area (Å²) in [7, 11) is 1.57. The molecule has 0 saturated heterocycles. The van der Waals surface area contributed by atoms with Crippen molar-refractivity contribution in [2.75, 3.05) is 20.3 Å². The second kappa shape index (κ2) is 8.71. The number of pyridine rings is 1. The van der Waals surface area contributed by atoms with Gasteiger partial charge < -0.3 is 19.7 Å². The van der Waals surface area contributed by atoms with Gasteiger partial charge in [0.15, 0.2) is 0 Å². The third-order valence-electron chi connectivity index (χ3n) is 4.66. The van der Waals surface area contributed by atoms with Gasteiger partial charge in [0.05, 0.1) is 19.2 Å². The zero-order valence-corrected chi connectivity index (χ0v) is 16.1. The first-order chi connectivity index (χ1) is 13.5. The number of ether oxygens (including phenoxy) is 1. The second-order valence-corrected chi connectivity index (χ2v) is 6.75. The van der Waals surface area contributed by atoms with Gasteiger partial charge in [0.25, 0.3) is 11.5 Å². The fraction of sp³-hybridized carbons (Fsp3) is 0.273. The van der Waals surface area contributed by atoms with E-state index in [9.17, 15) is 14.7 Å². The first-order valence-electron chi connectivity index (χ1n) is 9.18. The Kier molecular flexibility index (Phi) is 6.11. The number of rotatable bonds is 7. The fourth-order valence-electron chi connectivity index (χ4n) is 3.07. The molecule has 6 nitrogen and oxygen atoms in total.